The summed E-state index contributed by atoms with van der Waals surface area (Å²) in [5.74, 6) is 0.440. The van der Waals surface area contributed by atoms with Gasteiger partial charge in [0.25, 0.3) is 0 Å². The molecule has 0 aliphatic rings. The van der Waals surface area contributed by atoms with Crippen molar-refractivity contribution in [3.63, 3.8) is 0 Å². The SMILES string of the molecule is CCCNC(N)=NCc1cc(Cl)c(Cl)n1C. The quantitative estimate of drug-likeness (QED) is 0.646. The van der Waals surface area contributed by atoms with Gasteiger partial charge in [0.2, 0.25) is 0 Å². The Labute approximate surface area is 105 Å². The molecule has 1 aromatic rings. The van der Waals surface area contributed by atoms with Crippen LogP contribution in [-0.4, -0.2) is 17.1 Å². The standard InChI is InChI=1S/C10H16Cl2N4/c1-3-4-14-10(13)15-6-7-5-8(11)9(12)16(7)2/h5H,3-4,6H2,1-2H3,(H3,13,14,15). The molecule has 0 saturated heterocycles. The van der Waals surface area contributed by atoms with Gasteiger partial charge in [0.05, 0.1) is 11.6 Å². The first-order valence-corrected chi connectivity index (χ1v) is 5.85. The van der Waals surface area contributed by atoms with Crippen LogP contribution in [0, 0.1) is 0 Å². The zero-order valence-corrected chi connectivity index (χ0v) is 10.9. The van der Waals surface area contributed by atoms with Crippen LogP contribution < -0.4 is 11.1 Å². The Balaban J connectivity index is 2.63. The lowest BCUT2D eigenvalue weighted by Gasteiger charge is -2.04. The smallest absolute Gasteiger partial charge is 0.188 e. The number of aromatic nitrogens is 1. The van der Waals surface area contributed by atoms with Gasteiger partial charge in [0.1, 0.15) is 5.15 Å². The predicted molar refractivity (Wildman–Crippen MR) is 69.1 cm³/mol. The molecule has 0 radical (unpaired) electrons. The molecular weight excluding hydrogens is 247 g/mol. The Kier molecular flexibility index (Phi) is 4.96. The van der Waals surface area contributed by atoms with Gasteiger partial charge in [-0.2, -0.15) is 0 Å². The molecule has 1 aromatic heterocycles. The van der Waals surface area contributed by atoms with Gasteiger partial charge in [-0.1, -0.05) is 30.1 Å². The molecule has 0 saturated carbocycles. The first kappa shape index (κ1) is 13.2. The highest BCUT2D eigenvalue weighted by Crippen LogP contribution is 2.25. The minimum atomic E-state index is 0.440. The summed E-state index contributed by atoms with van der Waals surface area (Å²) in [6.07, 6.45) is 1.01. The molecule has 4 nitrogen and oxygen atoms in total. The van der Waals surface area contributed by atoms with Crippen molar-refractivity contribution in [3.05, 3.63) is 21.9 Å². The van der Waals surface area contributed by atoms with E-state index >= 15 is 0 Å². The molecule has 3 N–H and O–H groups in total. The maximum atomic E-state index is 5.93. The van der Waals surface area contributed by atoms with Crippen molar-refractivity contribution in [3.8, 4) is 0 Å². The molecule has 0 aliphatic carbocycles. The summed E-state index contributed by atoms with van der Waals surface area (Å²) in [6, 6.07) is 1.79. The summed E-state index contributed by atoms with van der Waals surface area (Å²) in [4.78, 5) is 4.19. The number of rotatable bonds is 4. The zero-order valence-electron chi connectivity index (χ0n) is 9.43. The first-order chi connectivity index (χ1) is 7.56. The van der Waals surface area contributed by atoms with E-state index in [0.717, 1.165) is 18.7 Å². The Hall–Kier alpha value is -0.870. The monoisotopic (exact) mass is 262 g/mol. The fourth-order valence-electron chi connectivity index (χ4n) is 1.22. The lowest BCUT2D eigenvalue weighted by atomic mass is 10.4. The maximum Gasteiger partial charge on any atom is 0.188 e. The lowest BCUT2D eigenvalue weighted by Crippen LogP contribution is -2.32. The molecule has 1 heterocycles. The van der Waals surface area contributed by atoms with Crippen LogP contribution in [0.3, 0.4) is 0 Å². The molecule has 0 aliphatic heterocycles. The van der Waals surface area contributed by atoms with Crippen molar-refractivity contribution < 1.29 is 0 Å². The van der Waals surface area contributed by atoms with Gasteiger partial charge < -0.3 is 15.6 Å². The van der Waals surface area contributed by atoms with E-state index in [0.29, 0.717) is 22.7 Å². The van der Waals surface area contributed by atoms with E-state index in [-0.39, 0.29) is 0 Å². The van der Waals surface area contributed by atoms with E-state index in [9.17, 15) is 0 Å². The Morgan fingerprint density at radius 2 is 2.25 bits per heavy atom. The van der Waals surface area contributed by atoms with Gasteiger partial charge in [-0.05, 0) is 12.5 Å². The second-order valence-electron chi connectivity index (χ2n) is 3.46. The number of halogens is 2. The lowest BCUT2D eigenvalue weighted by molar-refractivity contribution is 0.800. The maximum absolute atomic E-state index is 5.93. The molecule has 0 spiro atoms. The molecule has 0 unspecified atom stereocenters. The summed E-state index contributed by atoms with van der Waals surface area (Å²) in [6.45, 7) is 3.35. The van der Waals surface area contributed by atoms with Gasteiger partial charge in [-0.25, -0.2) is 4.99 Å². The number of guanidine groups is 1. The number of nitrogens with two attached hydrogens (primary N) is 1. The van der Waals surface area contributed by atoms with Crippen molar-refractivity contribution >= 4 is 29.2 Å². The zero-order chi connectivity index (χ0) is 12.1. The molecule has 6 heteroatoms. The largest absolute Gasteiger partial charge is 0.370 e. The highest BCUT2D eigenvalue weighted by molar-refractivity contribution is 6.41. The van der Waals surface area contributed by atoms with Crippen LogP contribution in [-0.2, 0) is 13.6 Å². The number of hydrogen-bond acceptors (Lipinski definition) is 1. The third kappa shape index (κ3) is 3.32. The summed E-state index contributed by atoms with van der Waals surface area (Å²) in [5, 5.41) is 4.05. The molecule has 0 atom stereocenters. The van der Waals surface area contributed by atoms with Crippen LogP contribution in [0.2, 0.25) is 10.2 Å². The van der Waals surface area contributed by atoms with Crippen LogP contribution in [0.15, 0.2) is 11.1 Å². The fraction of sp³-hybridized carbons (Fsp3) is 0.500. The van der Waals surface area contributed by atoms with Gasteiger partial charge in [-0.15, -0.1) is 0 Å². The summed E-state index contributed by atoms with van der Waals surface area (Å²) >= 11 is 11.8. The first-order valence-electron chi connectivity index (χ1n) is 5.09. The predicted octanol–water partition coefficient (Wildman–Crippen LogP) is 2.15. The van der Waals surface area contributed by atoms with E-state index < -0.39 is 0 Å². The molecule has 16 heavy (non-hydrogen) atoms. The highest BCUT2D eigenvalue weighted by atomic mass is 35.5. The molecule has 0 bridgehead atoms. The second kappa shape index (κ2) is 6.01. The molecule has 1 rings (SSSR count). The van der Waals surface area contributed by atoms with Crippen LogP contribution in [0.1, 0.15) is 19.0 Å². The number of nitrogens with one attached hydrogen (secondary N) is 1. The number of aliphatic imine (C=N–C) groups is 1. The van der Waals surface area contributed by atoms with Crippen LogP contribution in [0.25, 0.3) is 0 Å². The van der Waals surface area contributed by atoms with Crippen molar-refractivity contribution in [1.29, 1.82) is 0 Å². The Morgan fingerprint density at radius 1 is 1.56 bits per heavy atom. The van der Waals surface area contributed by atoms with Gasteiger partial charge >= 0.3 is 0 Å². The Bertz CT molecular complexity index is 384. The fourth-order valence-corrected chi connectivity index (χ4v) is 1.63. The molecule has 0 aromatic carbocycles. The van der Waals surface area contributed by atoms with Gasteiger partial charge in [-0.3, -0.25) is 0 Å². The third-order valence-corrected chi connectivity index (χ3v) is 3.03. The molecular formula is C10H16Cl2N4. The van der Waals surface area contributed by atoms with E-state index in [2.05, 4.69) is 17.2 Å². The minimum Gasteiger partial charge on any atom is -0.370 e. The van der Waals surface area contributed by atoms with Crippen molar-refractivity contribution in [2.45, 2.75) is 19.9 Å². The van der Waals surface area contributed by atoms with Crippen LogP contribution in [0.4, 0.5) is 0 Å². The van der Waals surface area contributed by atoms with Crippen molar-refractivity contribution in [2.24, 2.45) is 17.8 Å². The second-order valence-corrected chi connectivity index (χ2v) is 4.23. The third-order valence-electron chi connectivity index (χ3n) is 2.18. The summed E-state index contributed by atoms with van der Waals surface area (Å²) in [5.41, 5.74) is 6.59. The van der Waals surface area contributed by atoms with E-state index in [1.54, 1.807) is 10.6 Å². The minimum absolute atomic E-state index is 0.440. The number of nitrogens with zero attached hydrogens (tertiary/aromatic N) is 2. The van der Waals surface area contributed by atoms with Crippen molar-refractivity contribution in [1.82, 2.24) is 9.88 Å². The van der Waals surface area contributed by atoms with Crippen molar-refractivity contribution in [2.75, 3.05) is 6.54 Å². The van der Waals surface area contributed by atoms with Crippen LogP contribution in [0.5, 0.6) is 0 Å². The average molecular weight is 263 g/mol. The highest BCUT2D eigenvalue weighted by Gasteiger charge is 2.07. The van der Waals surface area contributed by atoms with Crippen LogP contribution >= 0.6 is 23.2 Å². The normalized spacial score (nSPS) is 11.9. The van der Waals surface area contributed by atoms with Gasteiger partial charge in [0.15, 0.2) is 5.96 Å². The topological polar surface area (TPSA) is 55.3 Å². The summed E-state index contributed by atoms with van der Waals surface area (Å²) < 4.78 is 1.79. The molecule has 0 fully saturated rings. The summed E-state index contributed by atoms with van der Waals surface area (Å²) in [7, 11) is 1.84. The van der Waals surface area contributed by atoms with Gasteiger partial charge in [0, 0.05) is 19.3 Å². The average Bonchev–Trinajstić information content (AvgIpc) is 2.51. The molecule has 0 amide bonds. The molecule has 90 valence electrons. The Morgan fingerprint density at radius 3 is 2.75 bits per heavy atom. The van der Waals surface area contributed by atoms with E-state index in [1.165, 1.54) is 0 Å². The number of hydrogen-bond donors (Lipinski definition) is 2. The van der Waals surface area contributed by atoms with E-state index in [1.807, 2.05) is 7.05 Å². The van der Waals surface area contributed by atoms with E-state index in [4.69, 9.17) is 28.9 Å².